The third kappa shape index (κ3) is 3.09. The first kappa shape index (κ1) is 8.14. The summed E-state index contributed by atoms with van der Waals surface area (Å²) in [4.78, 5) is 7.87. The average molecular weight is 152 g/mol. The van der Waals surface area contributed by atoms with Crippen molar-refractivity contribution in [2.45, 2.75) is 19.3 Å². The summed E-state index contributed by atoms with van der Waals surface area (Å²) in [7, 11) is 0. The molecule has 3 nitrogen and oxygen atoms in total. The number of rotatable bonds is 4. The van der Waals surface area contributed by atoms with E-state index in [0.717, 1.165) is 25.0 Å². The molecular formula is C8H12N2O. The van der Waals surface area contributed by atoms with Crippen molar-refractivity contribution in [1.82, 2.24) is 9.97 Å². The van der Waals surface area contributed by atoms with Crippen molar-refractivity contribution >= 4 is 0 Å². The lowest BCUT2D eigenvalue weighted by Crippen LogP contribution is -1.91. The molecule has 0 saturated carbocycles. The van der Waals surface area contributed by atoms with Crippen molar-refractivity contribution in [1.29, 1.82) is 0 Å². The predicted molar refractivity (Wildman–Crippen MR) is 42.1 cm³/mol. The Morgan fingerprint density at radius 1 is 1.36 bits per heavy atom. The molecule has 3 heteroatoms. The molecule has 0 radical (unpaired) electrons. The molecular weight excluding hydrogens is 140 g/mol. The fourth-order valence-electron chi connectivity index (χ4n) is 0.884. The molecule has 0 fully saturated rings. The van der Waals surface area contributed by atoms with Crippen molar-refractivity contribution in [2.75, 3.05) is 6.61 Å². The van der Waals surface area contributed by atoms with E-state index in [2.05, 4.69) is 9.97 Å². The molecule has 0 bridgehead atoms. The van der Waals surface area contributed by atoms with Gasteiger partial charge in [-0.3, -0.25) is 0 Å². The van der Waals surface area contributed by atoms with Gasteiger partial charge in [0.1, 0.15) is 6.33 Å². The van der Waals surface area contributed by atoms with Crippen molar-refractivity contribution in [3.8, 4) is 0 Å². The largest absolute Gasteiger partial charge is 0.396 e. The number of unbranched alkanes of at least 4 members (excludes halogenated alkanes) is 1. The zero-order chi connectivity index (χ0) is 7.94. The Kier molecular flexibility index (Phi) is 3.55. The molecule has 1 N–H and O–H groups in total. The minimum absolute atomic E-state index is 0.269. The second-order valence-electron chi connectivity index (χ2n) is 2.38. The fraction of sp³-hybridized carbons (Fsp3) is 0.500. The Morgan fingerprint density at radius 3 is 2.91 bits per heavy atom. The molecule has 0 aliphatic heterocycles. The van der Waals surface area contributed by atoms with Crippen LogP contribution in [0.5, 0.6) is 0 Å². The van der Waals surface area contributed by atoms with Crippen LogP contribution < -0.4 is 0 Å². The Labute approximate surface area is 66.1 Å². The Morgan fingerprint density at radius 2 is 2.27 bits per heavy atom. The summed E-state index contributed by atoms with van der Waals surface area (Å²) in [5.41, 5.74) is 1.05. The monoisotopic (exact) mass is 152 g/mol. The van der Waals surface area contributed by atoms with E-state index >= 15 is 0 Å². The normalized spacial score (nSPS) is 9.91. The highest BCUT2D eigenvalue weighted by Gasteiger charge is 1.91. The van der Waals surface area contributed by atoms with Gasteiger partial charge >= 0.3 is 0 Å². The van der Waals surface area contributed by atoms with Gasteiger partial charge in [-0.2, -0.15) is 0 Å². The van der Waals surface area contributed by atoms with Crippen molar-refractivity contribution in [3.63, 3.8) is 0 Å². The molecule has 0 saturated heterocycles. The van der Waals surface area contributed by atoms with Gasteiger partial charge in [-0.15, -0.1) is 0 Å². The number of aryl methyl sites for hydroxylation is 1. The molecule has 0 amide bonds. The topological polar surface area (TPSA) is 46.0 Å². The lowest BCUT2D eigenvalue weighted by atomic mass is 10.2. The summed E-state index contributed by atoms with van der Waals surface area (Å²) in [5.74, 6) is 0. The van der Waals surface area contributed by atoms with Crippen LogP contribution in [0.3, 0.4) is 0 Å². The van der Waals surface area contributed by atoms with Crippen LogP contribution in [0.25, 0.3) is 0 Å². The first-order valence-electron chi connectivity index (χ1n) is 3.79. The second-order valence-corrected chi connectivity index (χ2v) is 2.38. The van der Waals surface area contributed by atoms with E-state index < -0.39 is 0 Å². The maximum Gasteiger partial charge on any atom is 0.115 e. The van der Waals surface area contributed by atoms with Crippen LogP contribution in [-0.4, -0.2) is 21.7 Å². The summed E-state index contributed by atoms with van der Waals surface area (Å²) >= 11 is 0. The van der Waals surface area contributed by atoms with E-state index in [4.69, 9.17) is 5.11 Å². The molecule has 1 rings (SSSR count). The molecule has 11 heavy (non-hydrogen) atoms. The lowest BCUT2D eigenvalue weighted by molar-refractivity contribution is 0.284. The Balaban J connectivity index is 2.28. The Hall–Kier alpha value is -0.960. The van der Waals surface area contributed by atoms with Gasteiger partial charge < -0.3 is 5.11 Å². The van der Waals surface area contributed by atoms with Crippen LogP contribution in [0.2, 0.25) is 0 Å². The van der Waals surface area contributed by atoms with Crippen LogP contribution in [0.1, 0.15) is 18.5 Å². The highest BCUT2D eigenvalue weighted by Crippen LogP contribution is 1.98. The molecule has 0 unspecified atom stereocenters. The number of hydrogen-bond donors (Lipinski definition) is 1. The van der Waals surface area contributed by atoms with E-state index in [-0.39, 0.29) is 6.61 Å². The summed E-state index contributed by atoms with van der Waals surface area (Å²) < 4.78 is 0. The van der Waals surface area contributed by atoms with Gasteiger partial charge in [0.15, 0.2) is 0 Å². The molecule has 0 aromatic carbocycles. The first-order valence-corrected chi connectivity index (χ1v) is 3.79. The molecule has 0 aliphatic carbocycles. The van der Waals surface area contributed by atoms with Crippen LogP contribution in [0.4, 0.5) is 0 Å². The van der Waals surface area contributed by atoms with E-state index in [0.29, 0.717) is 0 Å². The molecule has 0 atom stereocenters. The van der Waals surface area contributed by atoms with Gasteiger partial charge in [-0.1, -0.05) is 0 Å². The van der Waals surface area contributed by atoms with Gasteiger partial charge in [0.2, 0.25) is 0 Å². The van der Waals surface area contributed by atoms with Crippen LogP contribution in [0, 0.1) is 0 Å². The van der Waals surface area contributed by atoms with Gasteiger partial charge in [0, 0.05) is 18.5 Å². The molecule has 1 heterocycles. The van der Waals surface area contributed by atoms with Crippen LogP contribution in [-0.2, 0) is 6.42 Å². The summed E-state index contributed by atoms with van der Waals surface area (Å²) in [6.45, 7) is 0.269. The number of aromatic nitrogens is 2. The first-order chi connectivity index (χ1) is 5.43. The van der Waals surface area contributed by atoms with E-state index in [1.807, 2.05) is 6.07 Å². The minimum atomic E-state index is 0.269. The fourth-order valence-corrected chi connectivity index (χ4v) is 0.884. The number of aliphatic hydroxyl groups is 1. The maximum absolute atomic E-state index is 8.51. The number of hydrogen-bond acceptors (Lipinski definition) is 3. The lowest BCUT2D eigenvalue weighted by Gasteiger charge is -1.96. The minimum Gasteiger partial charge on any atom is -0.396 e. The molecule has 0 aliphatic rings. The molecule has 1 aromatic heterocycles. The van der Waals surface area contributed by atoms with E-state index in [1.54, 1.807) is 12.5 Å². The van der Waals surface area contributed by atoms with Gasteiger partial charge in [0.25, 0.3) is 0 Å². The third-order valence-electron chi connectivity index (χ3n) is 1.48. The molecule has 60 valence electrons. The molecule has 1 aromatic rings. The van der Waals surface area contributed by atoms with Gasteiger partial charge in [0.05, 0.1) is 0 Å². The van der Waals surface area contributed by atoms with Crippen molar-refractivity contribution < 1.29 is 5.11 Å². The van der Waals surface area contributed by atoms with E-state index in [1.165, 1.54) is 0 Å². The zero-order valence-electron chi connectivity index (χ0n) is 6.40. The highest BCUT2D eigenvalue weighted by atomic mass is 16.2. The smallest absolute Gasteiger partial charge is 0.115 e. The third-order valence-corrected chi connectivity index (χ3v) is 1.48. The van der Waals surface area contributed by atoms with Crippen molar-refractivity contribution in [2.24, 2.45) is 0 Å². The van der Waals surface area contributed by atoms with Gasteiger partial charge in [-0.25, -0.2) is 9.97 Å². The quantitative estimate of drug-likeness (QED) is 0.649. The van der Waals surface area contributed by atoms with Gasteiger partial charge in [-0.05, 0) is 25.3 Å². The van der Waals surface area contributed by atoms with Crippen molar-refractivity contribution in [3.05, 3.63) is 24.3 Å². The van der Waals surface area contributed by atoms with E-state index in [9.17, 15) is 0 Å². The zero-order valence-corrected chi connectivity index (χ0v) is 6.40. The highest BCUT2D eigenvalue weighted by molar-refractivity contribution is 4.97. The SMILES string of the molecule is OCCCCc1ccncn1. The van der Waals surface area contributed by atoms with Crippen LogP contribution >= 0.6 is 0 Å². The second kappa shape index (κ2) is 4.79. The van der Waals surface area contributed by atoms with Crippen LogP contribution in [0.15, 0.2) is 18.6 Å². The summed E-state index contributed by atoms with van der Waals surface area (Å²) in [5, 5.41) is 8.51. The Bertz CT molecular complexity index is 189. The standard InChI is InChI=1S/C8H12N2O/c11-6-2-1-3-8-4-5-9-7-10-8/h4-5,7,11H,1-3,6H2. The average Bonchev–Trinajstić information content (AvgIpc) is 2.07. The molecule has 0 spiro atoms. The number of aliphatic hydroxyl groups excluding tert-OH is 1. The summed E-state index contributed by atoms with van der Waals surface area (Å²) in [6, 6.07) is 1.90. The maximum atomic E-state index is 8.51. The number of nitrogens with zero attached hydrogens (tertiary/aromatic N) is 2. The predicted octanol–water partition coefficient (Wildman–Crippen LogP) is 0.792. The summed E-state index contributed by atoms with van der Waals surface area (Å²) in [6.07, 6.45) is 6.07.